The van der Waals surface area contributed by atoms with E-state index in [0.717, 1.165) is 33.9 Å². The summed E-state index contributed by atoms with van der Waals surface area (Å²) in [6, 6.07) is 1.90. The van der Waals surface area contributed by atoms with Crippen LogP contribution in [0.1, 0.15) is 9.67 Å². The lowest BCUT2D eigenvalue weighted by atomic mass is 10.4. The minimum absolute atomic E-state index is 0.181. The van der Waals surface area contributed by atoms with Gasteiger partial charge in [0.1, 0.15) is 0 Å². The van der Waals surface area contributed by atoms with Crippen molar-refractivity contribution in [1.82, 2.24) is 4.90 Å². The summed E-state index contributed by atoms with van der Waals surface area (Å²) in [6.07, 6.45) is 0. The van der Waals surface area contributed by atoms with Gasteiger partial charge in [-0.3, -0.25) is 4.79 Å². The van der Waals surface area contributed by atoms with Crippen molar-refractivity contribution >= 4 is 44.9 Å². The van der Waals surface area contributed by atoms with Crippen LogP contribution in [-0.2, 0) is 0 Å². The topological polar surface area (TPSA) is 20.3 Å². The second-order valence-electron chi connectivity index (χ2n) is 3.03. The molecule has 0 N–H and O–H groups in total. The van der Waals surface area contributed by atoms with E-state index in [9.17, 15) is 4.79 Å². The number of halogens is 1. The van der Waals surface area contributed by atoms with Crippen molar-refractivity contribution in [2.45, 2.75) is 0 Å². The van der Waals surface area contributed by atoms with E-state index >= 15 is 0 Å². The minimum Gasteiger partial charge on any atom is -0.336 e. The fourth-order valence-electron chi connectivity index (χ4n) is 1.35. The molecule has 0 radical (unpaired) electrons. The van der Waals surface area contributed by atoms with E-state index in [1.165, 1.54) is 11.3 Å². The molecule has 1 fully saturated rings. The molecule has 2 rings (SSSR count). The van der Waals surface area contributed by atoms with Gasteiger partial charge in [0.2, 0.25) is 0 Å². The fraction of sp³-hybridized carbons (Fsp3) is 0.444. The summed E-state index contributed by atoms with van der Waals surface area (Å²) >= 11 is 6.78. The van der Waals surface area contributed by atoms with Gasteiger partial charge in [0.05, 0.1) is 4.88 Å². The minimum atomic E-state index is 0.181. The first-order chi connectivity index (χ1) is 6.77. The second kappa shape index (κ2) is 4.68. The lowest BCUT2D eigenvalue weighted by Gasteiger charge is -2.25. The first-order valence-electron chi connectivity index (χ1n) is 4.38. The highest BCUT2D eigenvalue weighted by Gasteiger charge is 2.19. The third-order valence-electron chi connectivity index (χ3n) is 2.08. The van der Waals surface area contributed by atoms with Crippen LogP contribution in [0.3, 0.4) is 0 Å². The molecule has 0 atom stereocenters. The van der Waals surface area contributed by atoms with E-state index in [1.54, 1.807) is 0 Å². The molecule has 1 aromatic heterocycles. The van der Waals surface area contributed by atoms with Crippen molar-refractivity contribution in [2.75, 3.05) is 24.6 Å². The third kappa shape index (κ3) is 2.32. The Bertz CT molecular complexity index is 333. The van der Waals surface area contributed by atoms with Gasteiger partial charge in [0.15, 0.2) is 0 Å². The number of carbonyl (C=O) groups excluding carboxylic acids is 1. The summed E-state index contributed by atoms with van der Waals surface area (Å²) in [7, 11) is 0. The normalized spacial score (nSPS) is 17.1. The van der Waals surface area contributed by atoms with Crippen molar-refractivity contribution in [3.05, 3.63) is 20.8 Å². The van der Waals surface area contributed by atoms with E-state index in [4.69, 9.17) is 0 Å². The van der Waals surface area contributed by atoms with Crippen LogP contribution >= 0.6 is 39.0 Å². The molecule has 1 aliphatic rings. The lowest BCUT2D eigenvalue weighted by Crippen LogP contribution is -2.37. The quantitative estimate of drug-likeness (QED) is 0.793. The van der Waals surface area contributed by atoms with Gasteiger partial charge >= 0.3 is 0 Å². The molecule has 1 amide bonds. The molecule has 2 heterocycles. The summed E-state index contributed by atoms with van der Waals surface area (Å²) < 4.78 is 0.997. The number of rotatable bonds is 1. The number of carbonyl (C=O) groups is 1. The van der Waals surface area contributed by atoms with E-state index in [1.807, 2.05) is 28.1 Å². The Morgan fingerprint density at radius 1 is 1.43 bits per heavy atom. The maximum atomic E-state index is 11.9. The van der Waals surface area contributed by atoms with E-state index < -0.39 is 0 Å². The number of thiophene rings is 1. The molecule has 0 aromatic carbocycles. The SMILES string of the molecule is O=C(c1cc(Br)cs1)N1CCSCC1. The second-order valence-corrected chi connectivity index (χ2v) is 6.09. The zero-order valence-electron chi connectivity index (χ0n) is 7.53. The first-order valence-corrected chi connectivity index (χ1v) is 7.21. The van der Waals surface area contributed by atoms with Crippen molar-refractivity contribution in [3.8, 4) is 0 Å². The van der Waals surface area contributed by atoms with Gasteiger partial charge in [0, 0.05) is 34.4 Å². The highest BCUT2D eigenvalue weighted by Crippen LogP contribution is 2.22. The van der Waals surface area contributed by atoms with Crippen LogP contribution in [0.15, 0.2) is 15.9 Å². The van der Waals surface area contributed by atoms with E-state index in [0.29, 0.717) is 0 Å². The zero-order valence-corrected chi connectivity index (χ0v) is 10.8. The molecule has 0 aliphatic carbocycles. The molecule has 0 bridgehead atoms. The molecule has 14 heavy (non-hydrogen) atoms. The van der Waals surface area contributed by atoms with Crippen LogP contribution in [0.5, 0.6) is 0 Å². The van der Waals surface area contributed by atoms with Crippen molar-refractivity contribution < 1.29 is 4.79 Å². The van der Waals surface area contributed by atoms with Crippen LogP contribution in [0, 0.1) is 0 Å². The molecule has 76 valence electrons. The van der Waals surface area contributed by atoms with E-state index in [2.05, 4.69) is 15.9 Å². The van der Waals surface area contributed by atoms with Crippen molar-refractivity contribution in [2.24, 2.45) is 0 Å². The molecule has 1 saturated heterocycles. The summed E-state index contributed by atoms with van der Waals surface area (Å²) in [4.78, 5) is 14.7. The number of hydrogen-bond acceptors (Lipinski definition) is 3. The Balaban J connectivity index is 2.07. The highest BCUT2D eigenvalue weighted by molar-refractivity contribution is 9.10. The molecular formula is C9H10BrNOS2. The molecule has 0 saturated carbocycles. The first kappa shape index (κ1) is 10.5. The molecule has 2 nitrogen and oxygen atoms in total. The predicted octanol–water partition coefficient (Wildman–Crippen LogP) is 2.70. The third-order valence-corrected chi connectivity index (χ3v) is 4.70. The molecule has 0 spiro atoms. The lowest BCUT2D eigenvalue weighted by molar-refractivity contribution is 0.0777. The zero-order chi connectivity index (χ0) is 9.97. The van der Waals surface area contributed by atoms with Crippen LogP contribution in [-0.4, -0.2) is 35.4 Å². The molecule has 5 heteroatoms. The van der Waals surface area contributed by atoms with Gasteiger partial charge in [-0.25, -0.2) is 0 Å². The average molecular weight is 292 g/mol. The van der Waals surface area contributed by atoms with Gasteiger partial charge in [-0.05, 0) is 22.0 Å². The Hall–Kier alpha value is -0.000000000000000111. The maximum Gasteiger partial charge on any atom is 0.264 e. The monoisotopic (exact) mass is 291 g/mol. The van der Waals surface area contributed by atoms with E-state index in [-0.39, 0.29) is 5.91 Å². The number of nitrogens with zero attached hydrogens (tertiary/aromatic N) is 1. The number of thioether (sulfide) groups is 1. The average Bonchev–Trinajstić information content (AvgIpc) is 2.65. The van der Waals surface area contributed by atoms with Gasteiger partial charge in [-0.2, -0.15) is 11.8 Å². The highest BCUT2D eigenvalue weighted by atomic mass is 79.9. The standard InChI is InChI=1S/C9H10BrNOS2/c10-7-5-8(14-6-7)9(12)11-1-3-13-4-2-11/h5-6H,1-4H2. The molecule has 1 aliphatic heterocycles. The van der Waals surface area contributed by atoms with Crippen LogP contribution in [0.2, 0.25) is 0 Å². The fourth-order valence-corrected chi connectivity index (χ4v) is 3.64. The summed E-state index contributed by atoms with van der Waals surface area (Å²) in [5.74, 6) is 2.32. The molecule has 0 unspecified atom stereocenters. The summed E-state index contributed by atoms with van der Waals surface area (Å²) in [5.41, 5.74) is 0. The molecule has 1 aromatic rings. The smallest absolute Gasteiger partial charge is 0.264 e. The van der Waals surface area contributed by atoms with Crippen LogP contribution < -0.4 is 0 Å². The van der Waals surface area contributed by atoms with Crippen LogP contribution in [0.25, 0.3) is 0 Å². The van der Waals surface area contributed by atoms with Crippen molar-refractivity contribution in [3.63, 3.8) is 0 Å². The van der Waals surface area contributed by atoms with Gasteiger partial charge < -0.3 is 4.90 Å². The predicted molar refractivity (Wildman–Crippen MR) is 65.2 cm³/mol. The Morgan fingerprint density at radius 3 is 2.71 bits per heavy atom. The van der Waals surface area contributed by atoms with Gasteiger partial charge in [0.25, 0.3) is 5.91 Å². The largest absolute Gasteiger partial charge is 0.336 e. The summed E-state index contributed by atoms with van der Waals surface area (Å²) in [6.45, 7) is 1.78. The Labute approximate surface area is 99.8 Å². The number of hydrogen-bond donors (Lipinski definition) is 0. The van der Waals surface area contributed by atoms with Crippen LogP contribution in [0.4, 0.5) is 0 Å². The van der Waals surface area contributed by atoms with Gasteiger partial charge in [-0.15, -0.1) is 11.3 Å². The Morgan fingerprint density at radius 2 is 2.14 bits per heavy atom. The Kier molecular flexibility index (Phi) is 3.52. The molecular weight excluding hydrogens is 282 g/mol. The number of amides is 1. The maximum absolute atomic E-state index is 11.9. The van der Waals surface area contributed by atoms with Gasteiger partial charge in [-0.1, -0.05) is 0 Å². The summed E-state index contributed by atoms with van der Waals surface area (Å²) in [5, 5.41) is 1.95. The van der Waals surface area contributed by atoms with Crippen molar-refractivity contribution in [1.29, 1.82) is 0 Å².